The van der Waals surface area contributed by atoms with E-state index in [1.807, 2.05) is 0 Å². The SMILES string of the molecule is CC(C)(C)c1ccc(-c2cc(C(C)(C)C)ccc2N2c3ccc(-c4cc(C(C)(C)C)cc(C(C)(C)C)c4)cc3B3c4ccc(-n5c6ccccc6c6cc7c8ccccc8n(-c8ccccc8)c7cc65)cc4N(c4ccc(C(C)(C)C)cc4-c4ccc(C(C)(C)C)cc4)c4cc(C(C)(C)C)cc2c43)cc1. The van der Waals surface area contributed by atoms with Gasteiger partial charge < -0.3 is 18.9 Å². The molecule has 4 heterocycles. The number of hydrogen-bond donors (Lipinski definition) is 0. The van der Waals surface area contributed by atoms with Crippen LogP contribution in [0.3, 0.4) is 0 Å². The Hall–Kier alpha value is -10.1. The van der Waals surface area contributed by atoms with Crippen molar-refractivity contribution in [2.75, 3.05) is 9.80 Å². The molecule has 0 spiro atoms. The van der Waals surface area contributed by atoms with Crippen LogP contribution in [0.15, 0.2) is 243 Å². The average Bonchev–Trinajstić information content (AvgIpc) is 0.978. The molecule has 0 aliphatic carbocycles. The quantitative estimate of drug-likeness (QED) is 0.148. The Kier molecular flexibility index (Phi) is 16.0. The third kappa shape index (κ3) is 11.9. The second kappa shape index (κ2) is 24.2. The van der Waals surface area contributed by atoms with E-state index in [0.29, 0.717) is 0 Å². The van der Waals surface area contributed by atoms with Gasteiger partial charge in [-0.1, -0.05) is 297 Å². The van der Waals surface area contributed by atoms with Crippen LogP contribution in [0.25, 0.3) is 88.4 Å². The first-order valence-corrected chi connectivity index (χ1v) is 38.3. The van der Waals surface area contributed by atoms with Gasteiger partial charge in [0.1, 0.15) is 0 Å². The summed E-state index contributed by atoms with van der Waals surface area (Å²) in [5.41, 5.74) is 33.5. The molecule has 0 atom stereocenters. The van der Waals surface area contributed by atoms with Crippen LogP contribution in [0.5, 0.6) is 0 Å². The van der Waals surface area contributed by atoms with Crippen molar-refractivity contribution in [2.24, 2.45) is 0 Å². The van der Waals surface area contributed by atoms with E-state index in [1.165, 1.54) is 144 Å². The minimum atomic E-state index is -0.270. The van der Waals surface area contributed by atoms with E-state index in [9.17, 15) is 0 Å². The van der Waals surface area contributed by atoms with Crippen molar-refractivity contribution in [1.29, 1.82) is 0 Å². The topological polar surface area (TPSA) is 16.3 Å². The molecule has 0 bridgehead atoms. The fourth-order valence-corrected chi connectivity index (χ4v) is 16.6. The van der Waals surface area contributed by atoms with Gasteiger partial charge in [0.15, 0.2) is 0 Å². The highest BCUT2D eigenvalue weighted by Crippen LogP contribution is 2.53. The number of benzene rings is 12. The molecule has 0 amide bonds. The molecule has 4 nitrogen and oxygen atoms in total. The van der Waals surface area contributed by atoms with Crippen LogP contribution < -0.4 is 26.2 Å². The molecule has 16 rings (SSSR count). The molecule has 0 N–H and O–H groups in total. The summed E-state index contributed by atoms with van der Waals surface area (Å²) in [5, 5.41) is 4.94. The maximum Gasteiger partial charge on any atom is 0.252 e. The third-order valence-electron chi connectivity index (χ3n) is 23.0. The summed E-state index contributed by atoms with van der Waals surface area (Å²) in [7, 11) is 0. The van der Waals surface area contributed by atoms with Gasteiger partial charge in [0.25, 0.3) is 6.71 Å². The number of fused-ring (bicyclic) bond motifs is 10. The van der Waals surface area contributed by atoms with Crippen LogP contribution in [-0.2, 0) is 37.9 Å². The highest BCUT2D eigenvalue weighted by atomic mass is 15.2. The Morgan fingerprint density at radius 2 is 0.619 bits per heavy atom. The van der Waals surface area contributed by atoms with Crippen molar-refractivity contribution in [1.82, 2.24) is 9.13 Å². The Morgan fingerprint density at radius 1 is 0.219 bits per heavy atom. The van der Waals surface area contributed by atoms with Gasteiger partial charge in [-0.2, -0.15) is 0 Å². The molecule has 12 aromatic carbocycles. The summed E-state index contributed by atoms with van der Waals surface area (Å²) >= 11 is 0. The number of nitrogens with zero attached hydrogens (tertiary/aromatic N) is 4. The maximum atomic E-state index is 2.71. The van der Waals surface area contributed by atoms with Gasteiger partial charge in [-0.15, -0.1) is 0 Å². The molecule has 105 heavy (non-hydrogen) atoms. The van der Waals surface area contributed by atoms with E-state index in [-0.39, 0.29) is 44.6 Å². The summed E-state index contributed by atoms with van der Waals surface area (Å²) in [6.45, 7) is 49.2. The first-order valence-electron chi connectivity index (χ1n) is 38.3. The molecule has 14 aromatic rings. The molecule has 0 saturated heterocycles. The molecule has 0 fully saturated rings. The van der Waals surface area contributed by atoms with Crippen LogP contribution in [-0.4, -0.2) is 15.8 Å². The van der Waals surface area contributed by atoms with E-state index in [2.05, 4.69) is 407 Å². The van der Waals surface area contributed by atoms with Gasteiger partial charge in [-0.05, 0) is 206 Å². The van der Waals surface area contributed by atoms with Crippen LogP contribution in [0.4, 0.5) is 34.1 Å². The second-order valence-corrected chi connectivity index (χ2v) is 37.6. The molecule has 0 radical (unpaired) electrons. The Balaban J connectivity index is 1.05. The van der Waals surface area contributed by atoms with E-state index in [0.717, 1.165) is 34.0 Å². The summed E-state index contributed by atoms with van der Waals surface area (Å²) in [6.07, 6.45) is 0. The van der Waals surface area contributed by atoms with Crippen molar-refractivity contribution < 1.29 is 0 Å². The van der Waals surface area contributed by atoms with E-state index >= 15 is 0 Å². The van der Waals surface area contributed by atoms with Crippen molar-refractivity contribution in [3.8, 4) is 44.8 Å². The average molecular weight is 1370 g/mol. The van der Waals surface area contributed by atoms with Gasteiger partial charge in [0, 0.05) is 66.8 Å². The summed E-state index contributed by atoms with van der Waals surface area (Å²) < 4.78 is 5.03. The molecule has 2 aliphatic rings. The fourth-order valence-electron chi connectivity index (χ4n) is 16.6. The molecule has 0 saturated carbocycles. The molecule has 5 heteroatoms. The van der Waals surface area contributed by atoms with Crippen LogP contribution >= 0.6 is 0 Å². The standard InChI is InChI=1S/C100H103BN4/c1-94(2,3)66-40-35-62(36-41-66)77-55-68(96(7,8)9)44-49-85(77)104-87-48-39-64(65-51-70(98(13,14)15)54-71(52-65)99(16,17)18)53-82(87)101-81-47-46-74(103-84-34-28-26-32-76(84)80-60-79-75-31-25-27-33-83(75)102(88(79)61-89(80)103)73-29-23-22-24-30-73)59-90(81)105(92-58-72(100(19,20)21)57-91(104)93(92)101)86-50-45-69(97(10,11)12)56-78(86)63-37-42-67(43-38-63)95(4,5)6/h22-61H,1-21H3. The van der Waals surface area contributed by atoms with Gasteiger partial charge in [-0.25, -0.2) is 0 Å². The van der Waals surface area contributed by atoms with E-state index < -0.39 is 0 Å². The molecule has 2 aliphatic heterocycles. The predicted octanol–water partition coefficient (Wildman–Crippen LogP) is 26.0. The maximum absolute atomic E-state index is 2.71. The number of anilines is 6. The normalized spacial score (nSPS) is 13.7. The number of para-hydroxylation sites is 3. The third-order valence-corrected chi connectivity index (χ3v) is 23.0. The van der Waals surface area contributed by atoms with Crippen molar-refractivity contribution in [3.05, 3.63) is 282 Å². The lowest BCUT2D eigenvalue weighted by atomic mass is 9.33. The molecular formula is C100H103BN4. The number of hydrogen-bond acceptors (Lipinski definition) is 2. The van der Waals surface area contributed by atoms with Gasteiger partial charge in [-0.3, -0.25) is 0 Å². The van der Waals surface area contributed by atoms with Crippen molar-refractivity contribution >= 4 is 101 Å². The molecule has 526 valence electrons. The van der Waals surface area contributed by atoms with E-state index in [1.54, 1.807) is 0 Å². The zero-order chi connectivity index (χ0) is 74.1. The summed E-state index contributed by atoms with van der Waals surface area (Å²) in [6, 6.07) is 95.3. The Morgan fingerprint density at radius 3 is 1.09 bits per heavy atom. The van der Waals surface area contributed by atoms with Crippen molar-refractivity contribution in [3.63, 3.8) is 0 Å². The monoisotopic (exact) mass is 1370 g/mol. The summed E-state index contributed by atoms with van der Waals surface area (Å²) in [4.78, 5) is 5.40. The minimum Gasteiger partial charge on any atom is -0.311 e. The van der Waals surface area contributed by atoms with E-state index in [4.69, 9.17) is 0 Å². The lowest BCUT2D eigenvalue weighted by molar-refractivity contribution is 0.569. The van der Waals surface area contributed by atoms with Gasteiger partial charge in [0.2, 0.25) is 0 Å². The zero-order valence-corrected chi connectivity index (χ0v) is 66.0. The highest BCUT2D eigenvalue weighted by molar-refractivity contribution is 7.00. The van der Waals surface area contributed by atoms with Gasteiger partial charge in [0.05, 0.1) is 33.4 Å². The Bertz CT molecular complexity index is 5770. The van der Waals surface area contributed by atoms with Crippen LogP contribution in [0.2, 0.25) is 0 Å². The zero-order valence-electron chi connectivity index (χ0n) is 66.0. The first kappa shape index (κ1) is 69.3. The summed E-state index contributed by atoms with van der Waals surface area (Å²) in [5.74, 6) is 0. The lowest BCUT2D eigenvalue weighted by Crippen LogP contribution is -2.61. The van der Waals surface area contributed by atoms with Crippen molar-refractivity contribution in [2.45, 2.75) is 183 Å². The molecular weight excluding hydrogens is 1270 g/mol. The van der Waals surface area contributed by atoms with Crippen LogP contribution in [0.1, 0.15) is 184 Å². The second-order valence-electron chi connectivity index (χ2n) is 37.6. The Labute approximate surface area is 625 Å². The van der Waals surface area contributed by atoms with Crippen LogP contribution in [0, 0.1) is 0 Å². The lowest BCUT2D eigenvalue weighted by Gasteiger charge is -2.46. The molecule has 0 unspecified atom stereocenters. The smallest absolute Gasteiger partial charge is 0.252 e. The molecule has 2 aromatic heterocycles. The predicted molar refractivity (Wildman–Crippen MR) is 456 cm³/mol. The first-order chi connectivity index (χ1) is 49.5. The van der Waals surface area contributed by atoms with Gasteiger partial charge >= 0.3 is 0 Å². The fraction of sp³-hybridized carbons (Fsp3) is 0.280. The highest BCUT2D eigenvalue weighted by Gasteiger charge is 2.46. The number of rotatable bonds is 7. The largest absolute Gasteiger partial charge is 0.311 e. The minimum absolute atomic E-state index is 0.00735. The number of aromatic nitrogens is 2.